The van der Waals surface area contributed by atoms with Gasteiger partial charge >= 0.3 is 0 Å². The predicted molar refractivity (Wildman–Crippen MR) is 119 cm³/mol. The standard InChI is InChI=1S/C23H22S3/c1-18(2)22(24-19-12-6-3-7-13-19)23(25-20-14-8-4-9-15-20)26-21-16-10-5-11-17-21/h3-18H,1-2H3. The van der Waals surface area contributed by atoms with Gasteiger partial charge in [-0.15, -0.1) is 0 Å². The number of hydrogen-bond donors (Lipinski definition) is 0. The monoisotopic (exact) mass is 394 g/mol. The lowest BCUT2D eigenvalue weighted by Crippen LogP contribution is -1.93. The van der Waals surface area contributed by atoms with Gasteiger partial charge in [0.2, 0.25) is 0 Å². The first kappa shape index (κ1) is 19.2. The molecule has 0 aromatic heterocycles. The van der Waals surface area contributed by atoms with Crippen molar-refractivity contribution >= 4 is 35.3 Å². The maximum Gasteiger partial charge on any atom is 0.0599 e. The average molecular weight is 395 g/mol. The number of benzene rings is 3. The Balaban J connectivity index is 1.97. The highest BCUT2D eigenvalue weighted by Gasteiger charge is 2.16. The summed E-state index contributed by atoms with van der Waals surface area (Å²) in [5.74, 6) is 0.461. The van der Waals surface area contributed by atoms with Crippen molar-refractivity contribution in [2.45, 2.75) is 28.5 Å². The number of allylic oxidation sites excluding steroid dienone is 1. The molecule has 0 N–H and O–H groups in total. The topological polar surface area (TPSA) is 0 Å². The van der Waals surface area contributed by atoms with E-state index in [9.17, 15) is 0 Å². The van der Waals surface area contributed by atoms with Crippen molar-refractivity contribution in [3.8, 4) is 0 Å². The smallest absolute Gasteiger partial charge is 0.0599 e. The van der Waals surface area contributed by atoms with Gasteiger partial charge in [-0.25, -0.2) is 0 Å². The first-order valence-corrected chi connectivity index (χ1v) is 11.1. The molecule has 3 aromatic rings. The third-order valence-corrected chi connectivity index (χ3v) is 7.59. The van der Waals surface area contributed by atoms with E-state index in [4.69, 9.17) is 0 Å². The molecule has 0 bridgehead atoms. The Labute approximate surface area is 169 Å². The molecule has 0 spiro atoms. The fraction of sp³-hybridized carbons (Fsp3) is 0.130. The van der Waals surface area contributed by atoms with Crippen LogP contribution >= 0.6 is 35.3 Å². The Morgan fingerprint density at radius 1 is 0.538 bits per heavy atom. The average Bonchev–Trinajstić information content (AvgIpc) is 2.68. The van der Waals surface area contributed by atoms with E-state index in [2.05, 4.69) is 105 Å². The highest BCUT2D eigenvalue weighted by atomic mass is 32.2. The summed E-state index contributed by atoms with van der Waals surface area (Å²) in [6, 6.07) is 31.9. The molecule has 0 saturated carbocycles. The van der Waals surface area contributed by atoms with Crippen molar-refractivity contribution in [3.05, 3.63) is 100 Å². The summed E-state index contributed by atoms with van der Waals surface area (Å²) in [5, 5.41) is 0. The van der Waals surface area contributed by atoms with Gasteiger partial charge in [0.1, 0.15) is 0 Å². The van der Waals surface area contributed by atoms with Gasteiger partial charge in [-0.1, -0.05) is 104 Å². The van der Waals surface area contributed by atoms with Crippen LogP contribution in [-0.2, 0) is 0 Å². The quantitative estimate of drug-likeness (QED) is 0.371. The summed E-state index contributed by atoms with van der Waals surface area (Å²) in [6.45, 7) is 4.56. The molecule has 0 amide bonds. The normalized spacial score (nSPS) is 10.7. The molecule has 0 aliphatic rings. The molecule has 3 aromatic carbocycles. The zero-order chi connectivity index (χ0) is 18.2. The van der Waals surface area contributed by atoms with Gasteiger partial charge in [-0.2, -0.15) is 0 Å². The molecule has 0 aliphatic heterocycles. The first-order chi connectivity index (χ1) is 12.7. The number of rotatable bonds is 7. The van der Waals surface area contributed by atoms with Crippen LogP contribution in [0.15, 0.2) is 115 Å². The second-order valence-electron chi connectivity index (χ2n) is 6.05. The Hall–Kier alpha value is -1.55. The zero-order valence-electron chi connectivity index (χ0n) is 15.0. The Morgan fingerprint density at radius 3 is 1.23 bits per heavy atom. The summed E-state index contributed by atoms with van der Waals surface area (Å²) >= 11 is 5.60. The minimum atomic E-state index is 0.461. The van der Waals surface area contributed by atoms with E-state index in [1.165, 1.54) is 23.8 Å². The molecule has 0 nitrogen and oxygen atoms in total. The van der Waals surface area contributed by atoms with Crippen LogP contribution < -0.4 is 0 Å². The van der Waals surface area contributed by atoms with Crippen LogP contribution in [0.3, 0.4) is 0 Å². The van der Waals surface area contributed by atoms with Crippen molar-refractivity contribution in [2.24, 2.45) is 5.92 Å². The lowest BCUT2D eigenvalue weighted by atomic mass is 10.2. The number of thioether (sulfide) groups is 3. The van der Waals surface area contributed by atoms with Gasteiger partial charge in [0.15, 0.2) is 0 Å². The molecule has 3 heteroatoms. The van der Waals surface area contributed by atoms with Crippen molar-refractivity contribution in [1.29, 1.82) is 0 Å². The molecule has 0 atom stereocenters. The Morgan fingerprint density at radius 2 is 0.885 bits per heavy atom. The van der Waals surface area contributed by atoms with Gasteiger partial charge in [-0.05, 0) is 42.3 Å². The summed E-state index contributed by atoms with van der Waals surface area (Å²) in [5.41, 5.74) is 0. The molecule has 0 aliphatic carbocycles. The summed E-state index contributed by atoms with van der Waals surface area (Å²) in [7, 11) is 0. The minimum absolute atomic E-state index is 0.461. The van der Waals surface area contributed by atoms with E-state index in [1.807, 2.05) is 35.3 Å². The van der Waals surface area contributed by atoms with E-state index in [0.717, 1.165) is 0 Å². The zero-order valence-corrected chi connectivity index (χ0v) is 17.4. The summed E-state index contributed by atoms with van der Waals surface area (Å²) < 4.78 is 1.35. The summed E-state index contributed by atoms with van der Waals surface area (Å²) in [4.78, 5) is 5.26. The van der Waals surface area contributed by atoms with Crippen LogP contribution in [0.4, 0.5) is 0 Å². The maximum absolute atomic E-state index is 2.28. The third-order valence-electron chi connectivity index (χ3n) is 3.60. The van der Waals surface area contributed by atoms with Gasteiger partial charge in [0, 0.05) is 19.6 Å². The van der Waals surface area contributed by atoms with Crippen LogP contribution in [0.2, 0.25) is 0 Å². The molecule has 0 radical (unpaired) electrons. The molecule has 0 unspecified atom stereocenters. The second kappa shape index (κ2) is 9.96. The van der Waals surface area contributed by atoms with E-state index >= 15 is 0 Å². The minimum Gasteiger partial charge on any atom is -0.0925 e. The number of hydrogen-bond acceptors (Lipinski definition) is 3. The Kier molecular flexibility index (Phi) is 7.36. The highest BCUT2D eigenvalue weighted by molar-refractivity contribution is 8.23. The predicted octanol–water partition coefficient (Wildman–Crippen LogP) is 8.19. The largest absolute Gasteiger partial charge is 0.0925 e. The molecule has 0 heterocycles. The molecular formula is C23H22S3. The molecular weight excluding hydrogens is 372 g/mol. The van der Waals surface area contributed by atoms with Crippen LogP contribution in [0.25, 0.3) is 0 Å². The lowest BCUT2D eigenvalue weighted by Gasteiger charge is -2.18. The van der Waals surface area contributed by atoms with E-state index in [-0.39, 0.29) is 0 Å². The molecule has 132 valence electrons. The van der Waals surface area contributed by atoms with Gasteiger partial charge < -0.3 is 0 Å². The Bertz CT molecular complexity index is 782. The van der Waals surface area contributed by atoms with Gasteiger partial charge in [0.05, 0.1) is 4.24 Å². The second-order valence-corrected chi connectivity index (χ2v) is 9.59. The van der Waals surface area contributed by atoms with Crippen molar-refractivity contribution < 1.29 is 0 Å². The third kappa shape index (κ3) is 5.73. The highest BCUT2D eigenvalue weighted by Crippen LogP contribution is 2.47. The van der Waals surface area contributed by atoms with E-state index in [0.29, 0.717) is 5.92 Å². The molecule has 0 fully saturated rings. The van der Waals surface area contributed by atoms with Crippen molar-refractivity contribution in [1.82, 2.24) is 0 Å². The van der Waals surface area contributed by atoms with Crippen LogP contribution in [0.5, 0.6) is 0 Å². The fourth-order valence-electron chi connectivity index (χ4n) is 2.32. The van der Waals surface area contributed by atoms with Crippen LogP contribution in [0.1, 0.15) is 13.8 Å². The van der Waals surface area contributed by atoms with E-state index < -0.39 is 0 Å². The summed E-state index contributed by atoms with van der Waals surface area (Å²) in [6.07, 6.45) is 0. The van der Waals surface area contributed by atoms with Crippen LogP contribution in [-0.4, -0.2) is 0 Å². The van der Waals surface area contributed by atoms with Gasteiger partial charge in [0.25, 0.3) is 0 Å². The fourth-order valence-corrected chi connectivity index (χ4v) is 6.12. The lowest BCUT2D eigenvalue weighted by molar-refractivity contribution is 0.817. The first-order valence-electron chi connectivity index (χ1n) is 8.65. The SMILES string of the molecule is CC(C)C(Sc1ccccc1)=C(Sc1ccccc1)Sc1ccccc1. The molecule has 26 heavy (non-hydrogen) atoms. The van der Waals surface area contributed by atoms with Gasteiger partial charge in [-0.3, -0.25) is 0 Å². The van der Waals surface area contributed by atoms with Crippen molar-refractivity contribution in [3.63, 3.8) is 0 Å². The maximum atomic E-state index is 2.28. The van der Waals surface area contributed by atoms with Crippen LogP contribution in [0, 0.1) is 5.92 Å². The molecule has 0 saturated heterocycles. The van der Waals surface area contributed by atoms with E-state index in [1.54, 1.807) is 0 Å². The molecule has 3 rings (SSSR count). The van der Waals surface area contributed by atoms with Crippen molar-refractivity contribution in [2.75, 3.05) is 0 Å².